The molecule has 35 heavy (non-hydrogen) atoms. The first-order valence-electron chi connectivity index (χ1n) is 10.5. The van der Waals surface area contributed by atoms with Crippen molar-refractivity contribution in [1.82, 2.24) is 4.57 Å². The highest BCUT2D eigenvalue weighted by Crippen LogP contribution is 2.49. The molecule has 0 aliphatic heterocycles. The van der Waals surface area contributed by atoms with Crippen LogP contribution in [0, 0.1) is 5.82 Å². The van der Waals surface area contributed by atoms with Crippen LogP contribution in [0.5, 0.6) is 0 Å². The first kappa shape index (κ1) is 26.4. The average Bonchev–Trinajstić information content (AvgIpc) is 2.79. The lowest BCUT2D eigenvalue weighted by molar-refractivity contribution is -0.274. The molecule has 2 unspecified atom stereocenters. The number of benzene rings is 2. The second-order valence-electron chi connectivity index (χ2n) is 8.00. The third-order valence-electron chi connectivity index (χ3n) is 5.85. The lowest BCUT2D eigenvalue weighted by Gasteiger charge is -2.37. The summed E-state index contributed by atoms with van der Waals surface area (Å²) in [5, 5.41) is 10.9. The van der Waals surface area contributed by atoms with Gasteiger partial charge >= 0.3 is 12.1 Å². The van der Waals surface area contributed by atoms with Crippen molar-refractivity contribution in [2.24, 2.45) is 7.05 Å². The summed E-state index contributed by atoms with van der Waals surface area (Å²) in [6, 6.07) is 9.76. The highest BCUT2D eigenvalue weighted by molar-refractivity contribution is 6.31. The molecule has 0 aliphatic rings. The van der Waals surface area contributed by atoms with Crippen LogP contribution < -0.4 is 5.56 Å². The van der Waals surface area contributed by atoms with E-state index in [-0.39, 0.29) is 22.8 Å². The standard InChI is InChI=1S/C25H22ClF4NO4/c1-4-35-23(33)19-11-15(6-9-21(19)27)16-5-8-18(20(26)12-16)14(2)24(34,25(28,29)30)17-7-10-22(32)31(3)13-17/h5-14,34H,4H2,1-3H3. The van der Waals surface area contributed by atoms with Crippen LogP contribution in [0.4, 0.5) is 17.6 Å². The Morgan fingerprint density at radius 2 is 1.74 bits per heavy atom. The first-order valence-corrected chi connectivity index (χ1v) is 10.9. The fraction of sp³-hybridized carbons (Fsp3) is 0.280. The van der Waals surface area contributed by atoms with Crippen molar-refractivity contribution < 1.29 is 32.2 Å². The van der Waals surface area contributed by atoms with Crippen LogP contribution in [0.15, 0.2) is 59.5 Å². The molecule has 3 rings (SSSR count). The predicted octanol–water partition coefficient (Wildman–Crippen LogP) is 5.58. The molecule has 2 aromatic carbocycles. The van der Waals surface area contributed by atoms with Crippen molar-refractivity contribution in [3.63, 3.8) is 0 Å². The zero-order chi connectivity index (χ0) is 26.1. The van der Waals surface area contributed by atoms with Crippen LogP contribution in [0.25, 0.3) is 11.1 Å². The van der Waals surface area contributed by atoms with Gasteiger partial charge in [0, 0.05) is 35.8 Å². The number of carbonyl (C=O) groups excluding carboxylic acids is 1. The van der Waals surface area contributed by atoms with Gasteiger partial charge in [0.1, 0.15) is 5.82 Å². The van der Waals surface area contributed by atoms with Gasteiger partial charge in [-0.2, -0.15) is 13.2 Å². The quantitative estimate of drug-likeness (QED) is 0.347. The van der Waals surface area contributed by atoms with Gasteiger partial charge in [0.25, 0.3) is 0 Å². The minimum absolute atomic E-state index is 0.00294. The number of hydrogen-bond donors (Lipinski definition) is 1. The fourth-order valence-corrected chi connectivity index (χ4v) is 4.18. The van der Waals surface area contributed by atoms with Gasteiger partial charge in [-0.15, -0.1) is 0 Å². The van der Waals surface area contributed by atoms with E-state index in [2.05, 4.69) is 0 Å². The lowest BCUT2D eigenvalue weighted by Crippen LogP contribution is -2.47. The SMILES string of the molecule is CCOC(=O)c1cc(-c2ccc(C(C)C(O)(c3ccc(=O)n(C)c3)C(F)(F)F)c(Cl)c2)ccc1F. The minimum atomic E-state index is -5.10. The van der Waals surface area contributed by atoms with E-state index >= 15 is 0 Å². The molecule has 0 amide bonds. The Labute approximate surface area is 203 Å². The molecule has 186 valence electrons. The maximum Gasteiger partial charge on any atom is 0.422 e. The topological polar surface area (TPSA) is 68.5 Å². The number of nitrogens with zero attached hydrogens (tertiary/aromatic N) is 1. The molecule has 0 radical (unpaired) electrons. The Morgan fingerprint density at radius 3 is 2.31 bits per heavy atom. The van der Waals surface area contributed by atoms with Gasteiger partial charge in [-0.25, -0.2) is 9.18 Å². The van der Waals surface area contributed by atoms with E-state index in [0.29, 0.717) is 11.1 Å². The summed E-state index contributed by atoms with van der Waals surface area (Å²) in [6.45, 7) is 2.81. The molecule has 2 atom stereocenters. The van der Waals surface area contributed by atoms with E-state index in [0.717, 1.165) is 29.0 Å². The summed E-state index contributed by atoms with van der Waals surface area (Å²) in [5.41, 5.74) is -3.90. The van der Waals surface area contributed by atoms with Crippen molar-refractivity contribution in [3.05, 3.63) is 92.6 Å². The van der Waals surface area contributed by atoms with E-state index in [4.69, 9.17) is 16.3 Å². The predicted molar refractivity (Wildman–Crippen MR) is 123 cm³/mol. The summed E-state index contributed by atoms with van der Waals surface area (Å²) in [6.07, 6.45) is -4.17. The number of carbonyl (C=O) groups is 1. The summed E-state index contributed by atoms with van der Waals surface area (Å²) in [7, 11) is 1.28. The van der Waals surface area contributed by atoms with Crippen LogP contribution in [0.2, 0.25) is 5.02 Å². The van der Waals surface area contributed by atoms with Crippen molar-refractivity contribution in [2.45, 2.75) is 31.5 Å². The molecule has 1 aromatic heterocycles. The van der Waals surface area contributed by atoms with Gasteiger partial charge in [-0.05, 0) is 47.9 Å². The monoisotopic (exact) mass is 511 g/mol. The first-order chi connectivity index (χ1) is 16.3. The number of aromatic nitrogens is 1. The highest BCUT2D eigenvalue weighted by atomic mass is 35.5. The largest absolute Gasteiger partial charge is 0.462 e. The maximum atomic E-state index is 14.2. The van der Waals surface area contributed by atoms with Crippen LogP contribution in [0.1, 0.15) is 41.3 Å². The van der Waals surface area contributed by atoms with E-state index in [1.165, 1.54) is 44.3 Å². The van der Waals surface area contributed by atoms with Gasteiger partial charge in [0.2, 0.25) is 5.56 Å². The zero-order valence-corrected chi connectivity index (χ0v) is 19.7. The number of halogens is 5. The number of esters is 1. The van der Waals surface area contributed by atoms with Crippen molar-refractivity contribution >= 4 is 17.6 Å². The van der Waals surface area contributed by atoms with E-state index in [9.17, 15) is 32.3 Å². The molecule has 0 saturated carbocycles. The molecule has 3 aromatic rings. The van der Waals surface area contributed by atoms with Gasteiger partial charge in [0.15, 0.2) is 5.60 Å². The van der Waals surface area contributed by atoms with Gasteiger partial charge < -0.3 is 14.4 Å². The summed E-state index contributed by atoms with van der Waals surface area (Å²) in [5.74, 6) is -3.20. The van der Waals surface area contributed by atoms with Crippen LogP contribution in [-0.2, 0) is 17.4 Å². The minimum Gasteiger partial charge on any atom is -0.462 e. The number of rotatable bonds is 6. The van der Waals surface area contributed by atoms with Crippen molar-refractivity contribution in [3.8, 4) is 11.1 Å². The highest BCUT2D eigenvalue weighted by Gasteiger charge is 2.59. The zero-order valence-electron chi connectivity index (χ0n) is 19.0. The number of ether oxygens (including phenoxy) is 1. The molecule has 10 heteroatoms. The summed E-state index contributed by atoms with van der Waals surface area (Å²) in [4.78, 5) is 23.7. The fourth-order valence-electron chi connectivity index (χ4n) is 3.83. The smallest absolute Gasteiger partial charge is 0.422 e. The molecule has 5 nitrogen and oxygen atoms in total. The van der Waals surface area contributed by atoms with Crippen LogP contribution >= 0.6 is 11.6 Å². The van der Waals surface area contributed by atoms with E-state index in [1.54, 1.807) is 6.92 Å². The Bertz CT molecular complexity index is 1320. The number of pyridine rings is 1. The molecule has 0 saturated heterocycles. The Hall–Kier alpha value is -3.17. The Morgan fingerprint density at radius 1 is 1.11 bits per heavy atom. The lowest BCUT2D eigenvalue weighted by atomic mass is 9.78. The van der Waals surface area contributed by atoms with E-state index in [1.807, 2.05) is 0 Å². The van der Waals surface area contributed by atoms with Crippen LogP contribution in [-0.4, -0.2) is 28.4 Å². The normalized spacial score (nSPS) is 14.3. The molecule has 0 bridgehead atoms. The summed E-state index contributed by atoms with van der Waals surface area (Å²) < 4.78 is 62.5. The second-order valence-corrected chi connectivity index (χ2v) is 8.41. The third kappa shape index (κ3) is 4.97. The molecule has 1 N–H and O–H groups in total. The third-order valence-corrected chi connectivity index (χ3v) is 6.17. The molecule has 0 spiro atoms. The molecular formula is C25H22ClF4NO4. The number of alkyl halides is 3. The number of hydrogen-bond acceptors (Lipinski definition) is 4. The van der Waals surface area contributed by atoms with Gasteiger partial charge in [-0.3, -0.25) is 4.79 Å². The van der Waals surface area contributed by atoms with Gasteiger partial charge in [-0.1, -0.05) is 36.7 Å². The van der Waals surface area contributed by atoms with Crippen molar-refractivity contribution in [2.75, 3.05) is 6.61 Å². The Balaban J connectivity index is 2.06. The summed E-state index contributed by atoms with van der Waals surface area (Å²) >= 11 is 6.36. The van der Waals surface area contributed by atoms with Crippen molar-refractivity contribution in [1.29, 1.82) is 0 Å². The molecule has 0 aliphatic carbocycles. The molecule has 0 fully saturated rings. The second kappa shape index (κ2) is 9.83. The number of aryl methyl sites for hydroxylation is 1. The maximum absolute atomic E-state index is 14.2. The Kier molecular flexibility index (Phi) is 7.42. The average molecular weight is 512 g/mol. The van der Waals surface area contributed by atoms with Gasteiger partial charge in [0.05, 0.1) is 12.2 Å². The molecular weight excluding hydrogens is 490 g/mol. The number of aliphatic hydroxyl groups is 1. The van der Waals surface area contributed by atoms with Crippen LogP contribution in [0.3, 0.4) is 0 Å². The molecule has 1 heterocycles. The van der Waals surface area contributed by atoms with E-state index < -0.39 is 40.6 Å².